The summed E-state index contributed by atoms with van der Waals surface area (Å²) in [6, 6.07) is 2.58. The molecule has 8 nitrogen and oxygen atoms in total. The van der Waals surface area contributed by atoms with Crippen molar-refractivity contribution in [2.45, 2.75) is 43.9 Å². The van der Waals surface area contributed by atoms with Crippen LogP contribution in [-0.4, -0.2) is 74.8 Å². The summed E-state index contributed by atoms with van der Waals surface area (Å²) in [4.78, 5) is 26.9. The van der Waals surface area contributed by atoms with Crippen molar-refractivity contribution in [3.63, 3.8) is 0 Å². The van der Waals surface area contributed by atoms with Crippen LogP contribution < -0.4 is 10.0 Å². The molecule has 0 bridgehead atoms. The molecule has 12 heteroatoms. The normalized spacial score (nSPS) is 16.9. The molecular weight excluding hydrogens is 437 g/mol. The first kappa shape index (κ1) is 25.1. The molecule has 2 rings (SSSR count). The Bertz CT molecular complexity index is 898. The SMILES string of the molecule is CC(C)NC(=O)CN1CCN(C(=O)[C@H](C)NS(=O)(=O)c2ccccc2C(F)(F)F)CC1. The standard InChI is InChI=1S/C19H27F3N4O4S/c1-13(2)23-17(27)12-25-8-10-26(11-9-25)18(28)14(3)24-31(29,30)16-7-5-4-6-15(16)19(20,21)22/h4-7,13-14,24H,8-12H2,1-3H3,(H,23,27)/t14-/m0/s1. The summed E-state index contributed by atoms with van der Waals surface area (Å²) in [5, 5.41) is 2.78. The maximum Gasteiger partial charge on any atom is 0.417 e. The Labute approximate surface area is 179 Å². The third kappa shape index (κ3) is 6.91. The fourth-order valence-electron chi connectivity index (χ4n) is 3.25. The van der Waals surface area contributed by atoms with E-state index >= 15 is 0 Å². The predicted octanol–water partition coefficient (Wildman–Crippen LogP) is 1.04. The largest absolute Gasteiger partial charge is 0.417 e. The van der Waals surface area contributed by atoms with Crippen molar-refractivity contribution in [1.82, 2.24) is 19.8 Å². The topological polar surface area (TPSA) is 98.8 Å². The van der Waals surface area contributed by atoms with Crippen LogP contribution in [0.1, 0.15) is 26.3 Å². The highest BCUT2D eigenvalue weighted by Gasteiger charge is 2.38. The molecule has 1 atom stereocenters. The van der Waals surface area contributed by atoms with Crippen LogP contribution in [0.2, 0.25) is 0 Å². The molecule has 2 N–H and O–H groups in total. The van der Waals surface area contributed by atoms with Gasteiger partial charge in [-0.1, -0.05) is 12.1 Å². The van der Waals surface area contributed by atoms with Gasteiger partial charge in [0.1, 0.15) is 0 Å². The maximum atomic E-state index is 13.2. The van der Waals surface area contributed by atoms with Gasteiger partial charge in [-0.2, -0.15) is 17.9 Å². The van der Waals surface area contributed by atoms with Crippen molar-refractivity contribution < 1.29 is 31.2 Å². The van der Waals surface area contributed by atoms with Gasteiger partial charge in [0, 0.05) is 32.2 Å². The number of halogens is 3. The van der Waals surface area contributed by atoms with E-state index in [0.717, 1.165) is 12.1 Å². The minimum absolute atomic E-state index is 0.0201. The highest BCUT2D eigenvalue weighted by molar-refractivity contribution is 7.89. The minimum Gasteiger partial charge on any atom is -0.353 e. The summed E-state index contributed by atoms with van der Waals surface area (Å²) in [7, 11) is -4.58. The van der Waals surface area contributed by atoms with E-state index in [1.807, 2.05) is 18.7 Å². The Morgan fingerprint density at radius 3 is 2.19 bits per heavy atom. The number of amides is 2. The number of piperazine rings is 1. The van der Waals surface area contributed by atoms with Gasteiger partial charge in [0.15, 0.2) is 0 Å². The van der Waals surface area contributed by atoms with E-state index in [4.69, 9.17) is 0 Å². The minimum atomic E-state index is -4.85. The lowest BCUT2D eigenvalue weighted by Crippen LogP contribution is -2.55. The van der Waals surface area contributed by atoms with Gasteiger partial charge >= 0.3 is 6.18 Å². The lowest BCUT2D eigenvalue weighted by Gasteiger charge is -2.35. The average molecular weight is 465 g/mol. The van der Waals surface area contributed by atoms with Gasteiger partial charge in [0.05, 0.1) is 23.0 Å². The third-order valence-corrected chi connectivity index (χ3v) is 6.28. The van der Waals surface area contributed by atoms with E-state index < -0.39 is 38.6 Å². The molecule has 1 aliphatic rings. The summed E-state index contributed by atoms with van der Waals surface area (Å²) in [6.45, 7) is 6.59. The zero-order valence-corrected chi connectivity index (χ0v) is 18.4. The monoisotopic (exact) mass is 464 g/mol. The number of benzene rings is 1. The molecule has 1 saturated heterocycles. The molecule has 0 spiro atoms. The number of hydrogen-bond donors (Lipinski definition) is 2. The van der Waals surface area contributed by atoms with Gasteiger partial charge in [0.25, 0.3) is 0 Å². The molecule has 1 aromatic carbocycles. The Balaban J connectivity index is 1.98. The van der Waals surface area contributed by atoms with Crippen LogP contribution >= 0.6 is 0 Å². The second kappa shape index (κ2) is 9.96. The van der Waals surface area contributed by atoms with Crippen molar-refractivity contribution >= 4 is 21.8 Å². The zero-order chi connectivity index (χ0) is 23.4. The smallest absolute Gasteiger partial charge is 0.353 e. The molecule has 0 aromatic heterocycles. The highest BCUT2D eigenvalue weighted by Crippen LogP contribution is 2.33. The summed E-state index contributed by atoms with van der Waals surface area (Å²) in [5.74, 6) is -0.668. The van der Waals surface area contributed by atoms with Crippen molar-refractivity contribution in [3.05, 3.63) is 29.8 Å². The molecule has 0 unspecified atom stereocenters. The van der Waals surface area contributed by atoms with Crippen LogP contribution in [0, 0.1) is 0 Å². The summed E-state index contributed by atoms with van der Waals surface area (Å²) < 4.78 is 66.6. The van der Waals surface area contributed by atoms with Crippen molar-refractivity contribution in [2.24, 2.45) is 0 Å². The number of carbonyl (C=O) groups is 2. The van der Waals surface area contributed by atoms with Crippen LogP contribution in [0.5, 0.6) is 0 Å². The molecule has 1 heterocycles. The fraction of sp³-hybridized carbons (Fsp3) is 0.579. The van der Waals surface area contributed by atoms with Gasteiger partial charge in [-0.05, 0) is 32.9 Å². The number of sulfonamides is 1. The van der Waals surface area contributed by atoms with Crippen molar-refractivity contribution in [1.29, 1.82) is 0 Å². The van der Waals surface area contributed by atoms with Crippen LogP contribution in [0.25, 0.3) is 0 Å². The van der Waals surface area contributed by atoms with E-state index in [9.17, 15) is 31.2 Å². The van der Waals surface area contributed by atoms with Crippen LogP contribution in [0.4, 0.5) is 13.2 Å². The second-order valence-corrected chi connectivity index (χ2v) is 9.34. The Hall–Kier alpha value is -2.18. The molecule has 1 fully saturated rings. The number of carbonyl (C=O) groups excluding carboxylic acids is 2. The van der Waals surface area contributed by atoms with E-state index in [1.54, 1.807) is 0 Å². The summed E-state index contributed by atoms with van der Waals surface area (Å²) in [6.07, 6.45) is -4.85. The van der Waals surface area contributed by atoms with Gasteiger partial charge in [0.2, 0.25) is 21.8 Å². The van der Waals surface area contributed by atoms with Gasteiger partial charge in [-0.15, -0.1) is 0 Å². The Kier molecular flexibility index (Phi) is 8.06. The highest BCUT2D eigenvalue weighted by atomic mass is 32.2. The Morgan fingerprint density at radius 2 is 1.65 bits per heavy atom. The van der Waals surface area contributed by atoms with Gasteiger partial charge in [-0.3, -0.25) is 14.5 Å². The van der Waals surface area contributed by atoms with Gasteiger partial charge < -0.3 is 10.2 Å². The fourth-order valence-corrected chi connectivity index (χ4v) is 4.68. The summed E-state index contributed by atoms with van der Waals surface area (Å²) in [5.41, 5.74) is -1.30. The van der Waals surface area contributed by atoms with Crippen molar-refractivity contribution in [2.75, 3.05) is 32.7 Å². The number of alkyl halides is 3. The number of hydrogen-bond acceptors (Lipinski definition) is 5. The Morgan fingerprint density at radius 1 is 1.06 bits per heavy atom. The molecular formula is C19H27F3N4O4S. The summed E-state index contributed by atoms with van der Waals surface area (Å²) >= 11 is 0. The second-order valence-electron chi connectivity index (χ2n) is 7.66. The van der Waals surface area contributed by atoms with Gasteiger partial charge in [-0.25, -0.2) is 8.42 Å². The third-order valence-electron chi connectivity index (χ3n) is 4.69. The molecule has 2 amide bonds. The number of nitrogens with one attached hydrogen (secondary N) is 2. The first-order valence-electron chi connectivity index (χ1n) is 9.80. The van der Waals surface area contributed by atoms with E-state index in [2.05, 4.69) is 10.0 Å². The first-order valence-corrected chi connectivity index (χ1v) is 11.3. The van der Waals surface area contributed by atoms with E-state index in [1.165, 1.54) is 17.9 Å². The maximum absolute atomic E-state index is 13.2. The predicted molar refractivity (Wildman–Crippen MR) is 108 cm³/mol. The molecule has 0 radical (unpaired) electrons. The quantitative estimate of drug-likeness (QED) is 0.629. The van der Waals surface area contributed by atoms with Crippen LogP contribution in [-0.2, 0) is 25.8 Å². The molecule has 1 aromatic rings. The van der Waals surface area contributed by atoms with E-state index in [-0.39, 0.29) is 31.6 Å². The average Bonchev–Trinajstić information content (AvgIpc) is 2.66. The number of rotatable bonds is 7. The van der Waals surface area contributed by atoms with Crippen LogP contribution in [0.3, 0.4) is 0 Å². The molecule has 1 aliphatic heterocycles. The van der Waals surface area contributed by atoms with Crippen molar-refractivity contribution in [3.8, 4) is 0 Å². The first-order chi connectivity index (χ1) is 14.3. The van der Waals surface area contributed by atoms with E-state index in [0.29, 0.717) is 19.2 Å². The molecule has 31 heavy (non-hydrogen) atoms. The lowest BCUT2D eigenvalue weighted by molar-refractivity contribution is -0.140. The zero-order valence-electron chi connectivity index (χ0n) is 17.6. The molecule has 0 saturated carbocycles. The van der Waals surface area contributed by atoms with Crippen LogP contribution in [0.15, 0.2) is 29.2 Å². The molecule has 0 aliphatic carbocycles. The molecule has 174 valence electrons. The lowest BCUT2D eigenvalue weighted by atomic mass is 10.2. The number of nitrogens with zero attached hydrogens (tertiary/aromatic N) is 2.